The molecule has 0 fully saturated rings. The van der Waals surface area contributed by atoms with Crippen LogP contribution in [0.4, 0.5) is 0 Å². The Kier molecular flexibility index (Phi) is 6.09. The van der Waals surface area contributed by atoms with E-state index in [-0.39, 0.29) is 0 Å². The normalized spacial score (nSPS) is 11.9. The van der Waals surface area contributed by atoms with Crippen molar-refractivity contribution in [2.24, 2.45) is 0 Å². The Labute approximate surface area is 201 Å². The molecule has 1 N–H and O–H groups in total. The number of nitrogens with one attached hydrogen (secondary N) is 1. The van der Waals surface area contributed by atoms with Crippen LogP contribution < -0.4 is 0 Å². The van der Waals surface area contributed by atoms with Gasteiger partial charge in [-0.25, -0.2) is 0 Å². The Bertz CT molecular complexity index is 1480. The molecule has 0 bridgehead atoms. The van der Waals surface area contributed by atoms with Crippen molar-refractivity contribution in [3.05, 3.63) is 145 Å². The Morgan fingerprint density at radius 3 is 1.94 bits per heavy atom. The van der Waals surface area contributed by atoms with Crippen LogP contribution in [0.5, 0.6) is 0 Å². The molecule has 0 unspecified atom stereocenters. The second-order valence-electron chi connectivity index (χ2n) is 8.37. The summed E-state index contributed by atoms with van der Waals surface area (Å²) in [5, 5.41) is 1.18. The molecule has 4 aromatic carbocycles. The molecule has 0 aliphatic carbocycles. The molecular formula is C33H27N. The third-order valence-electron chi connectivity index (χ3n) is 6.24. The summed E-state index contributed by atoms with van der Waals surface area (Å²) in [6.45, 7) is 6.43. The molecule has 0 spiro atoms. The minimum absolute atomic E-state index is 0.984. The van der Waals surface area contributed by atoms with Gasteiger partial charge in [-0.2, -0.15) is 0 Å². The third kappa shape index (κ3) is 4.42. The van der Waals surface area contributed by atoms with Crippen LogP contribution in [0.15, 0.2) is 134 Å². The SMILES string of the molecule is C=C(/C=C\C(=C/C)c1ccccc1)c1c[nH]c2ccc(-c3ccc(-c4ccccc4)cc3)cc12. The third-order valence-corrected chi connectivity index (χ3v) is 6.24. The van der Waals surface area contributed by atoms with Crippen LogP contribution in [0.3, 0.4) is 0 Å². The Hall–Kier alpha value is -4.36. The number of fused-ring (bicyclic) bond motifs is 1. The number of hydrogen-bond donors (Lipinski definition) is 1. The molecule has 1 nitrogen and oxygen atoms in total. The largest absolute Gasteiger partial charge is 0.361 e. The highest BCUT2D eigenvalue weighted by Gasteiger charge is 2.08. The summed E-state index contributed by atoms with van der Waals surface area (Å²) in [5.41, 5.74) is 10.5. The summed E-state index contributed by atoms with van der Waals surface area (Å²) in [5.74, 6) is 0. The van der Waals surface area contributed by atoms with Crippen molar-refractivity contribution in [2.75, 3.05) is 0 Å². The lowest BCUT2D eigenvalue weighted by Crippen LogP contribution is -1.83. The van der Waals surface area contributed by atoms with Crippen molar-refractivity contribution in [1.82, 2.24) is 4.98 Å². The highest BCUT2D eigenvalue weighted by molar-refractivity contribution is 5.97. The molecule has 0 aliphatic heterocycles. The minimum Gasteiger partial charge on any atom is -0.361 e. The summed E-state index contributed by atoms with van der Waals surface area (Å²) in [6, 6.07) is 36.3. The molecule has 164 valence electrons. The molecule has 0 amide bonds. The van der Waals surface area contributed by atoms with E-state index in [9.17, 15) is 0 Å². The van der Waals surface area contributed by atoms with Crippen LogP contribution >= 0.6 is 0 Å². The van der Waals surface area contributed by atoms with Crippen LogP contribution in [-0.4, -0.2) is 4.98 Å². The predicted octanol–water partition coefficient (Wildman–Crippen LogP) is 9.17. The number of benzene rings is 4. The van der Waals surface area contributed by atoms with E-state index in [0.29, 0.717) is 0 Å². The highest BCUT2D eigenvalue weighted by atomic mass is 14.7. The fourth-order valence-electron chi connectivity index (χ4n) is 4.32. The average Bonchev–Trinajstić information content (AvgIpc) is 3.34. The maximum atomic E-state index is 4.36. The molecule has 0 radical (unpaired) electrons. The van der Waals surface area contributed by atoms with Crippen molar-refractivity contribution in [1.29, 1.82) is 0 Å². The first-order valence-corrected chi connectivity index (χ1v) is 11.6. The van der Waals surface area contributed by atoms with Gasteiger partial charge >= 0.3 is 0 Å². The Morgan fingerprint density at radius 2 is 1.26 bits per heavy atom. The number of allylic oxidation sites excluding steroid dienone is 5. The topological polar surface area (TPSA) is 15.8 Å². The zero-order valence-electron chi connectivity index (χ0n) is 19.3. The Balaban J connectivity index is 1.42. The molecule has 1 aromatic heterocycles. The van der Waals surface area contributed by atoms with Gasteiger partial charge in [-0.1, -0.05) is 116 Å². The molecule has 5 rings (SSSR count). The van der Waals surface area contributed by atoms with E-state index < -0.39 is 0 Å². The van der Waals surface area contributed by atoms with E-state index in [1.54, 1.807) is 0 Å². The molecule has 0 saturated heterocycles. The van der Waals surface area contributed by atoms with E-state index in [0.717, 1.165) is 16.7 Å². The van der Waals surface area contributed by atoms with Gasteiger partial charge in [0.2, 0.25) is 0 Å². The summed E-state index contributed by atoms with van der Waals surface area (Å²) in [4.78, 5) is 3.40. The van der Waals surface area contributed by atoms with Crippen LogP contribution in [-0.2, 0) is 0 Å². The number of H-pyrrole nitrogens is 1. The van der Waals surface area contributed by atoms with Crippen molar-refractivity contribution >= 4 is 22.0 Å². The number of rotatable bonds is 6. The fourth-order valence-corrected chi connectivity index (χ4v) is 4.32. The van der Waals surface area contributed by atoms with Gasteiger partial charge in [0.25, 0.3) is 0 Å². The summed E-state index contributed by atoms with van der Waals surface area (Å²) in [7, 11) is 0. The van der Waals surface area contributed by atoms with Crippen LogP contribution in [0.1, 0.15) is 18.1 Å². The maximum Gasteiger partial charge on any atom is 0.0460 e. The van der Waals surface area contributed by atoms with Crippen molar-refractivity contribution in [3.8, 4) is 22.3 Å². The van der Waals surface area contributed by atoms with Gasteiger partial charge in [0.15, 0.2) is 0 Å². The van der Waals surface area contributed by atoms with E-state index in [4.69, 9.17) is 0 Å². The lowest BCUT2D eigenvalue weighted by Gasteiger charge is -2.07. The highest BCUT2D eigenvalue weighted by Crippen LogP contribution is 2.31. The van der Waals surface area contributed by atoms with Gasteiger partial charge in [-0.05, 0) is 58.0 Å². The van der Waals surface area contributed by atoms with E-state index >= 15 is 0 Å². The lowest BCUT2D eigenvalue weighted by molar-refractivity contribution is 1.47. The summed E-state index contributed by atoms with van der Waals surface area (Å²) in [6.07, 6.45) is 8.43. The zero-order valence-corrected chi connectivity index (χ0v) is 19.3. The van der Waals surface area contributed by atoms with E-state index in [2.05, 4.69) is 134 Å². The number of aromatic nitrogens is 1. The molecule has 1 heterocycles. The van der Waals surface area contributed by atoms with Gasteiger partial charge in [0.05, 0.1) is 0 Å². The predicted molar refractivity (Wildman–Crippen MR) is 147 cm³/mol. The minimum atomic E-state index is 0.984. The van der Waals surface area contributed by atoms with E-state index in [1.165, 1.54) is 38.8 Å². The standard InChI is InChI=1S/C33H27N/c1-3-25(26-10-6-4-7-11-26)15-14-24(2)32-23-34-33-21-20-30(22-31(32)33)29-18-16-28(17-19-29)27-12-8-5-9-13-27/h3-23,34H,2H2,1H3/b15-14-,25-3+. The molecule has 0 saturated carbocycles. The Morgan fingerprint density at radius 1 is 0.676 bits per heavy atom. The second kappa shape index (κ2) is 9.64. The number of hydrogen-bond acceptors (Lipinski definition) is 0. The van der Waals surface area contributed by atoms with Gasteiger partial charge in [-0.15, -0.1) is 0 Å². The monoisotopic (exact) mass is 437 g/mol. The fraction of sp³-hybridized carbons (Fsp3) is 0.0303. The molecule has 5 aromatic rings. The lowest BCUT2D eigenvalue weighted by atomic mass is 9.97. The molecule has 1 heteroatoms. The quantitative estimate of drug-likeness (QED) is 0.255. The molecular weight excluding hydrogens is 410 g/mol. The first-order chi connectivity index (χ1) is 16.7. The van der Waals surface area contributed by atoms with Crippen molar-refractivity contribution in [3.63, 3.8) is 0 Å². The van der Waals surface area contributed by atoms with Gasteiger partial charge in [0.1, 0.15) is 0 Å². The van der Waals surface area contributed by atoms with Gasteiger partial charge in [0, 0.05) is 22.7 Å². The van der Waals surface area contributed by atoms with Gasteiger partial charge < -0.3 is 4.98 Å². The smallest absolute Gasteiger partial charge is 0.0460 e. The molecule has 0 atom stereocenters. The maximum absolute atomic E-state index is 4.36. The summed E-state index contributed by atoms with van der Waals surface area (Å²) >= 11 is 0. The van der Waals surface area contributed by atoms with E-state index in [1.807, 2.05) is 12.1 Å². The summed E-state index contributed by atoms with van der Waals surface area (Å²) < 4.78 is 0. The van der Waals surface area contributed by atoms with Crippen LogP contribution in [0.25, 0.3) is 44.3 Å². The average molecular weight is 438 g/mol. The first kappa shape index (κ1) is 21.5. The van der Waals surface area contributed by atoms with Gasteiger partial charge in [-0.3, -0.25) is 0 Å². The molecule has 0 aliphatic rings. The van der Waals surface area contributed by atoms with Crippen LogP contribution in [0, 0.1) is 0 Å². The van der Waals surface area contributed by atoms with Crippen LogP contribution in [0.2, 0.25) is 0 Å². The van der Waals surface area contributed by atoms with Crippen molar-refractivity contribution < 1.29 is 0 Å². The second-order valence-corrected chi connectivity index (χ2v) is 8.37. The molecule has 34 heavy (non-hydrogen) atoms. The first-order valence-electron chi connectivity index (χ1n) is 11.6. The number of aromatic amines is 1. The zero-order chi connectivity index (χ0) is 23.3. The van der Waals surface area contributed by atoms with Crippen molar-refractivity contribution in [2.45, 2.75) is 6.92 Å².